The fraction of sp³-hybridized carbons (Fsp3) is 0.632. The topological polar surface area (TPSA) is 48.0 Å². The van der Waals surface area contributed by atoms with Crippen LogP contribution in [0.3, 0.4) is 0 Å². The predicted molar refractivity (Wildman–Crippen MR) is 93.9 cm³/mol. The minimum atomic E-state index is -0.254. The molecule has 2 saturated heterocycles. The second-order valence-corrected chi connectivity index (χ2v) is 7.64. The van der Waals surface area contributed by atoms with Crippen molar-refractivity contribution >= 4 is 17.5 Å². The van der Waals surface area contributed by atoms with Crippen LogP contribution in [0.25, 0.3) is 0 Å². The molecule has 0 bridgehead atoms. The van der Waals surface area contributed by atoms with Crippen molar-refractivity contribution in [1.29, 1.82) is 0 Å². The smallest absolute Gasteiger partial charge is 0.248 e. The van der Waals surface area contributed by atoms with E-state index in [4.69, 9.17) is 25.8 Å². The maximum atomic E-state index is 12.1. The number of halogens is 1. The fourth-order valence-corrected chi connectivity index (χ4v) is 4.76. The summed E-state index contributed by atoms with van der Waals surface area (Å²) in [7, 11) is 1.56. The molecule has 1 aromatic rings. The van der Waals surface area contributed by atoms with E-state index in [0.29, 0.717) is 24.0 Å². The number of hydrogen-bond donors (Lipinski definition) is 0. The summed E-state index contributed by atoms with van der Waals surface area (Å²) in [6, 6.07) is 5.80. The quantitative estimate of drug-likeness (QED) is 0.807. The Bertz CT molecular complexity index is 657. The van der Waals surface area contributed by atoms with Crippen LogP contribution >= 0.6 is 11.6 Å². The van der Waals surface area contributed by atoms with E-state index < -0.39 is 0 Å². The summed E-state index contributed by atoms with van der Waals surface area (Å²) in [5, 5.41) is 0.714. The third kappa shape index (κ3) is 3.03. The number of carbonyl (C=O) groups is 1. The highest BCUT2D eigenvalue weighted by Gasteiger charge is 2.52. The largest absolute Gasteiger partial charge is 0.486 e. The lowest BCUT2D eigenvalue weighted by Gasteiger charge is -2.53. The highest BCUT2D eigenvalue weighted by Crippen LogP contribution is 2.53. The summed E-state index contributed by atoms with van der Waals surface area (Å²) < 4.78 is 17.7. The lowest BCUT2D eigenvalue weighted by molar-refractivity contribution is -0.158. The number of rotatable bonds is 2. The lowest BCUT2D eigenvalue weighted by Crippen LogP contribution is -2.58. The molecule has 6 heteroatoms. The first-order valence-electron chi connectivity index (χ1n) is 9.00. The van der Waals surface area contributed by atoms with Crippen molar-refractivity contribution in [1.82, 2.24) is 4.90 Å². The van der Waals surface area contributed by atoms with Crippen molar-refractivity contribution < 1.29 is 19.0 Å². The molecule has 4 rings (SSSR count). The molecule has 1 amide bonds. The summed E-state index contributed by atoms with van der Waals surface area (Å²) in [4.78, 5) is 14.0. The number of ether oxygens (including phenoxy) is 3. The zero-order chi connectivity index (χ0) is 17.4. The van der Waals surface area contributed by atoms with Crippen molar-refractivity contribution in [3.05, 3.63) is 28.8 Å². The van der Waals surface area contributed by atoms with Crippen LogP contribution in [0.15, 0.2) is 18.2 Å². The molecule has 2 fully saturated rings. The maximum absolute atomic E-state index is 12.1. The van der Waals surface area contributed by atoms with Crippen LogP contribution in [-0.4, -0.2) is 49.8 Å². The van der Waals surface area contributed by atoms with Gasteiger partial charge in [0.15, 0.2) is 0 Å². The van der Waals surface area contributed by atoms with Gasteiger partial charge < -0.3 is 19.1 Å². The normalized spacial score (nSPS) is 27.4. The van der Waals surface area contributed by atoms with Crippen LogP contribution in [0.2, 0.25) is 5.02 Å². The van der Waals surface area contributed by atoms with E-state index in [2.05, 4.69) is 0 Å². The first-order valence-corrected chi connectivity index (χ1v) is 9.37. The van der Waals surface area contributed by atoms with Crippen LogP contribution < -0.4 is 4.74 Å². The average molecular weight is 366 g/mol. The molecule has 25 heavy (non-hydrogen) atoms. The molecule has 136 valence electrons. The van der Waals surface area contributed by atoms with Gasteiger partial charge >= 0.3 is 0 Å². The van der Waals surface area contributed by atoms with E-state index in [1.807, 2.05) is 23.1 Å². The molecule has 0 radical (unpaired) electrons. The number of benzene rings is 1. The monoisotopic (exact) mass is 365 g/mol. The molecular weight excluding hydrogens is 342 g/mol. The molecule has 3 aliphatic rings. The number of fused-ring (bicyclic) bond motifs is 4. The van der Waals surface area contributed by atoms with Gasteiger partial charge in [-0.15, -0.1) is 0 Å². The molecule has 0 N–H and O–H groups in total. The molecule has 0 unspecified atom stereocenters. The number of amides is 1. The van der Waals surface area contributed by atoms with Gasteiger partial charge in [0, 0.05) is 56.2 Å². The van der Waals surface area contributed by atoms with E-state index in [-0.39, 0.29) is 24.2 Å². The van der Waals surface area contributed by atoms with Crippen LogP contribution in [-0.2, 0) is 14.3 Å². The predicted octanol–water partition coefficient (Wildman–Crippen LogP) is 3.21. The van der Waals surface area contributed by atoms with E-state index >= 15 is 0 Å². The summed E-state index contributed by atoms with van der Waals surface area (Å²) >= 11 is 6.20. The molecular formula is C19H24ClNO4. The molecule has 2 atom stereocenters. The van der Waals surface area contributed by atoms with Crippen LogP contribution in [0.4, 0.5) is 0 Å². The summed E-state index contributed by atoms with van der Waals surface area (Å²) in [6.07, 6.45) is 3.83. The van der Waals surface area contributed by atoms with Crippen LogP contribution in [0.5, 0.6) is 5.75 Å². The Hall–Kier alpha value is -1.30. The Labute approximate surface area is 153 Å². The van der Waals surface area contributed by atoms with Crippen LogP contribution in [0, 0.1) is 5.92 Å². The molecule has 0 saturated carbocycles. The Balaban J connectivity index is 1.60. The van der Waals surface area contributed by atoms with Crippen molar-refractivity contribution in [3.63, 3.8) is 0 Å². The first-order chi connectivity index (χ1) is 12.1. The Morgan fingerprint density at radius 2 is 2.20 bits per heavy atom. The highest BCUT2D eigenvalue weighted by atomic mass is 35.5. The van der Waals surface area contributed by atoms with Gasteiger partial charge in [-0.3, -0.25) is 4.79 Å². The van der Waals surface area contributed by atoms with Gasteiger partial charge in [-0.05, 0) is 31.0 Å². The van der Waals surface area contributed by atoms with E-state index in [1.165, 1.54) is 0 Å². The first kappa shape index (κ1) is 17.1. The van der Waals surface area contributed by atoms with Gasteiger partial charge in [0.25, 0.3) is 0 Å². The Morgan fingerprint density at radius 3 is 2.96 bits per heavy atom. The van der Waals surface area contributed by atoms with Gasteiger partial charge in [-0.25, -0.2) is 0 Å². The number of hydrogen-bond acceptors (Lipinski definition) is 4. The van der Waals surface area contributed by atoms with Gasteiger partial charge in [0.05, 0.1) is 6.10 Å². The Morgan fingerprint density at radius 1 is 1.40 bits per heavy atom. The second kappa shape index (κ2) is 6.78. The SMILES string of the molecule is COCC(=O)N1CCC2(CC1)Oc1ccc(Cl)cc1[C@H]1OCCC[C@@H]12. The zero-order valence-electron chi connectivity index (χ0n) is 14.5. The van der Waals surface area contributed by atoms with Gasteiger partial charge in [0.2, 0.25) is 5.91 Å². The third-order valence-corrected chi connectivity index (χ3v) is 6.06. The summed E-state index contributed by atoms with van der Waals surface area (Å²) in [5.41, 5.74) is 0.816. The molecule has 3 heterocycles. The minimum absolute atomic E-state index is 0.0393. The fourth-order valence-electron chi connectivity index (χ4n) is 4.58. The maximum Gasteiger partial charge on any atom is 0.248 e. The molecule has 5 nitrogen and oxygen atoms in total. The number of nitrogens with zero attached hydrogens (tertiary/aromatic N) is 1. The molecule has 0 aliphatic carbocycles. The van der Waals surface area contributed by atoms with E-state index in [0.717, 1.165) is 43.6 Å². The number of likely N-dealkylation sites (tertiary alicyclic amines) is 1. The second-order valence-electron chi connectivity index (χ2n) is 7.20. The molecule has 3 aliphatic heterocycles. The number of piperidine rings is 1. The van der Waals surface area contributed by atoms with Crippen molar-refractivity contribution in [3.8, 4) is 5.75 Å². The third-order valence-electron chi connectivity index (χ3n) is 5.82. The van der Waals surface area contributed by atoms with Gasteiger partial charge in [-0.2, -0.15) is 0 Å². The highest BCUT2D eigenvalue weighted by molar-refractivity contribution is 6.30. The number of methoxy groups -OCH3 is 1. The van der Waals surface area contributed by atoms with E-state index in [9.17, 15) is 4.79 Å². The lowest BCUT2D eigenvalue weighted by atomic mass is 9.70. The summed E-state index contributed by atoms with van der Waals surface area (Å²) in [5.74, 6) is 1.24. The van der Waals surface area contributed by atoms with Crippen LogP contribution in [0.1, 0.15) is 37.4 Å². The number of carbonyl (C=O) groups excluding carboxylic acids is 1. The molecule has 0 aromatic heterocycles. The molecule has 1 spiro atoms. The Kier molecular flexibility index (Phi) is 4.65. The standard InChI is InChI=1S/C19H24ClNO4/c1-23-12-17(22)21-8-6-19(7-9-21)15-3-2-10-24-18(15)14-11-13(20)4-5-16(14)25-19/h4-5,11,15,18H,2-3,6-10,12H2,1H3/t15-,18+/m0/s1. The van der Waals surface area contributed by atoms with Crippen molar-refractivity contribution in [2.75, 3.05) is 33.4 Å². The average Bonchev–Trinajstić information content (AvgIpc) is 2.64. The van der Waals surface area contributed by atoms with Gasteiger partial charge in [-0.1, -0.05) is 11.6 Å². The summed E-state index contributed by atoms with van der Waals surface area (Å²) in [6.45, 7) is 2.33. The minimum Gasteiger partial charge on any atom is -0.486 e. The van der Waals surface area contributed by atoms with Crippen molar-refractivity contribution in [2.45, 2.75) is 37.4 Å². The molecule has 1 aromatic carbocycles. The zero-order valence-corrected chi connectivity index (χ0v) is 15.3. The van der Waals surface area contributed by atoms with E-state index in [1.54, 1.807) is 7.11 Å². The van der Waals surface area contributed by atoms with Crippen molar-refractivity contribution in [2.24, 2.45) is 5.92 Å². The van der Waals surface area contributed by atoms with Gasteiger partial charge in [0.1, 0.15) is 18.0 Å².